The van der Waals surface area contributed by atoms with E-state index in [-0.39, 0.29) is 0 Å². The molecule has 1 aliphatic rings. The topological polar surface area (TPSA) is 54.8 Å². The SMILES string of the molecule is c1csc(CNC[C@@H]2CNc3ccnn3C2)n1. The van der Waals surface area contributed by atoms with Crippen molar-refractivity contribution in [1.29, 1.82) is 0 Å². The summed E-state index contributed by atoms with van der Waals surface area (Å²) in [6.07, 6.45) is 3.69. The Morgan fingerprint density at radius 2 is 2.53 bits per heavy atom. The largest absolute Gasteiger partial charge is 0.370 e. The molecule has 3 rings (SSSR count). The molecular weight excluding hydrogens is 234 g/mol. The fourth-order valence-corrected chi connectivity index (χ4v) is 2.63. The van der Waals surface area contributed by atoms with Gasteiger partial charge in [-0.3, -0.25) is 0 Å². The molecule has 0 unspecified atom stereocenters. The van der Waals surface area contributed by atoms with E-state index in [1.54, 1.807) is 11.3 Å². The molecule has 2 aromatic rings. The monoisotopic (exact) mass is 249 g/mol. The fourth-order valence-electron chi connectivity index (χ4n) is 2.05. The number of hydrogen-bond donors (Lipinski definition) is 2. The van der Waals surface area contributed by atoms with E-state index in [0.717, 1.165) is 37.0 Å². The van der Waals surface area contributed by atoms with E-state index in [4.69, 9.17) is 0 Å². The van der Waals surface area contributed by atoms with Crippen LogP contribution < -0.4 is 10.6 Å². The van der Waals surface area contributed by atoms with Gasteiger partial charge < -0.3 is 10.6 Å². The van der Waals surface area contributed by atoms with Crippen LogP contribution in [0.5, 0.6) is 0 Å². The van der Waals surface area contributed by atoms with Gasteiger partial charge in [0.05, 0.1) is 6.20 Å². The third kappa shape index (κ3) is 2.48. The molecule has 17 heavy (non-hydrogen) atoms. The fraction of sp³-hybridized carbons (Fsp3) is 0.455. The van der Waals surface area contributed by atoms with Gasteiger partial charge >= 0.3 is 0 Å². The van der Waals surface area contributed by atoms with Crippen molar-refractivity contribution in [2.24, 2.45) is 5.92 Å². The van der Waals surface area contributed by atoms with Gasteiger partial charge in [-0.25, -0.2) is 9.67 Å². The second kappa shape index (κ2) is 4.85. The smallest absolute Gasteiger partial charge is 0.124 e. The molecule has 0 saturated carbocycles. The lowest BCUT2D eigenvalue weighted by atomic mass is 10.1. The lowest BCUT2D eigenvalue weighted by molar-refractivity contribution is 0.391. The molecule has 1 atom stereocenters. The van der Waals surface area contributed by atoms with E-state index in [0.29, 0.717) is 5.92 Å². The number of nitrogens with zero attached hydrogens (tertiary/aromatic N) is 3. The second-order valence-corrected chi connectivity index (χ2v) is 5.18. The summed E-state index contributed by atoms with van der Waals surface area (Å²) in [5.41, 5.74) is 0. The first-order valence-electron chi connectivity index (χ1n) is 5.76. The Balaban J connectivity index is 1.48. The standard InChI is InChI=1S/C11H15N5S/c1-2-15-16-8-9(6-14-10(1)16)5-12-7-11-13-3-4-17-11/h1-4,9,12,14H,5-8H2/t9-/m1/s1. The molecule has 0 saturated heterocycles. The first-order chi connectivity index (χ1) is 8.42. The Morgan fingerprint density at radius 3 is 3.41 bits per heavy atom. The predicted molar refractivity (Wildman–Crippen MR) is 68.0 cm³/mol. The quantitative estimate of drug-likeness (QED) is 0.854. The first-order valence-corrected chi connectivity index (χ1v) is 6.64. The highest BCUT2D eigenvalue weighted by atomic mass is 32.1. The van der Waals surface area contributed by atoms with Crippen LogP contribution in [0.1, 0.15) is 5.01 Å². The number of fused-ring (bicyclic) bond motifs is 1. The average Bonchev–Trinajstić information content (AvgIpc) is 2.98. The van der Waals surface area contributed by atoms with Gasteiger partial charge in [-0.05, 0) is 0 Å². The number of anilines is 1. The number of nitrogens with one attached hydrogen (secondary N) is 2. The summed E-state index contributed by atoms with van der Waals surface area (Å²) in [6.45, 7) is 3.85. The van der Waals surface area contributed by atoms with Crippen LogP contribution in [0, 0.1) is 5.92 Å². The molecule has 0 fully saturated rings. The van der Waals surface area contributed by atoms with Crippen molar-refractivity contribution in [2.45, 2.75) is 13.1 Å². The van der Waals surface area contributed by atoms with E-state index in [2.05, 4.69) is 20.7 Å². The summed E-state index contributed by atoms with van der Waals surface area (Å²) < 4.78 is 2.03. The number of aromatic nitrogens is 3. The summed E-state index contributed by atoms with van der Waals surface area (Å²) in [5.74, 6) is 1.71. The zero-order chi connectivity index (χ0) is 11.5. The molecule has 2 N–H and O–H groups in total. The van der Waals surface area contributed by atoms with Crippen LogP contribution in [0.2, 0.25) is 0 Å². The lowest BCUT2D eigenvalue weighted by Crippen LogP contribution is -2.35. The minimum atomic E-state index is 0.586. The Hall–Kier alpha value is -1.40. The van der Waals surface area contributed by atoms with Gasteiger partial charge in [0, 0.05) is 49.7 Å². The van der Waals surface area contributed by atoms with Crippen molar-refractivity contribution < 1.29 is 0 Å². The highest BCUT2D eigenvalue weighted by Gasteiger charge is 2.17. The first kappa shape index (κ1) is 10.7. The van der Waals surface area contributed by atoms with Crippen molar-refractivity contribution in [1.82, 2.24) is 20.1 Å². The molecule has 90 valence electrons. The van der Waals surface area contributed by atoms with Crippen LogP contribution in [0.15, 0.2) is 23.8 Å². The van der Waals surface area contributed by atoms with Crippen molar-refractivity contribution in [3.05, 3.63) is 28.8 Å². The maximum atomic E-state index is 4.28. The van der Waals surface area contributed by atoms with Crippen LogP contribution in [0.4, 0.5) is 5.82 Å². The lowest BCUT2D eigenvalue weighted by Gasteiger charge is -2.24. The molecule has 5 nitrogen and oxygen atoms in total. The van der Waals surface area contributed by atoms with Crippen LogP contribution in [-0.4, -0.2) is 27.9 Å². The molecule has 1 aliphatic heterocycles. The van der Waals surface area contributed by atoms with Gasteiger partial charge in [0.25, 0.3) is 0 Å². The second-order valence-electron chi connectivity index (χ2n) is 4.20. The minimum Gasteiger partial charge on any atom is -0.370 e. The maximum absolute atomic E-state index is 4.28. The molecule has 0 aliphatic carbocycles. The highest BCUT2D eigenvalue weighted by molar-refractivity contribution is 7.09. The number of rotatable bonds is 4. The summed E-state index contributed by atoms with van der Waals surface area (Å²) in [6, 6.07) is 2.01. The number of hydrogen-bond acceptors (Lipinski definition) is 5. The van der Waals surface area contributed by atoms with Crippen molar-refractivity contribution in [3.8, 4) is 0 Å². The van der Waals surface area contributed by atoms with Gasteiger partial charge in [-0.15, -0.1) is 11.3 Å². The van der Waals surface area contributed by atoms with Crippen LogP contribution in [-0.2, 0) is 13.1 Å². The zero-order valence-corrected chi connectivity index (χ0v) is 10.3. The number of thiazole rings is 1. The van der Waals surface area contributed by atoms with Crippen molar-refractivity contribution >= 4 is 17.2 Å². The average molecular weight is 249 g/mol. The van der Waals surface area contributed by atoms with E-state index in [9.17, 15) is 0 Å². The zero-order valence-electron chi connectivity index (χ0n) is 9.47. The van der Waals surface area contributed by atoms with Gasteiger partial charge in [0.1, 0.15) is 10.8 Å². The van der Waals surface area contributed by atoms with Crippen LogP contribution in [0.3, 0.4) is 0 Å². The van der Waals surface area contributed by atoms with Crippen LogP contribution >= 0.6 is 11.3 Å². The molecule has 0 radical (unpaired) electrons. The summed E-state index contributed by atoms with van der Waals surface area (Å²) in [4.78, 5) is 4.25. The van der Waals surface area contributed by atoms with Gasteiger partial charge in [0.15, 0.2) is 0 Å². The van der Waals surface area contributed by atoms with E-state index in [1.807, 2.05) is 28.5 Å². The van der Waals surface area contributed by atoms with Gasteiger partial charge in [0.2, 0.25) is 0 Å². The van der Waals surface area contributed by atoms with Crippen molar-refractivity contribution in [3.63, 3.8) is 0 Å². The Bertz CT molecular complexity index is 464. The predicted octanol–water partition coefficient (Wildman–Crippen LogP) is 1.17. The van der Waals surface area contributed by atoms with Crippen molar-refractivity contribution in [2.75, 3.05) is 18.4 Å². The minimum absolute atomic E-state index is 0.586. The van der Waals surface area contributed by atoms with E-state index >= 15 is 0 Å². The third-order valence-electron chi connectivity index (χ3n) is 2.91. The normalized spacial score (nSPS) is 18.7. The molecule has 6 heteroatoms. The highest BCUT2D eigenvalue weighted by Crippen LogP contribution is 2.15. The Labute approximate surface area is 104 Å². The summed E-state index contributed by atoms with van der Waals surface area (Å²) in [5, 5.41) is 14.3. The maximum Gasteiger partial charge on any atom is 0.124 e. The third-order valence-corrected chi connectivity index (χ3v) is 3.69. The van der Waals surface area contributed by atoms with Gasteiger partial charge in [-0.1, -0.05) is 0 Å². The summed E-state index contributed by atoms with van der Waals surface area (Å²) >= 11 is 1.69. The van der Waals surface area contributed by atoms with Crippen LogP contribution in [0.25, 0.3) is 0 Å². The molecule has 0 bridgehead atoms. The van der Waals surface area contributed by atoms with E-state index < -0.39 is 0 Å². The Morgan fingerprint density at radius 1 is 1.53 bits per heavy atom. The molecular formula is C11H15N5S. The molecule has 3 heterocycles. The molecule has 0 spiro atoms. The summed E-state index contributed by atoms with van der Waals surface area (Å²) in [7, 11) is 0. The molecule has 2 aromatic heterocycles. The molecule has 0 aromatic carbocycles. The Kier molecular flexibility index (Phi) is 3.06. The molecule has 0 amide bonds. The van der Waals surface area contributed by atoms with Gasteiger partial charge in [-0.2, -0.15) is 5.10 Å². The van der Waals surface area contributed by atoms with E-state index in [1.165, 1.54) is 0 Å².